The minimum Gasteiger partial charge on any atom is -0.366 e. The van der Waals surface area contributed by atoms with Crippen LogP contribution in [-0.2, 0) is 0 Å². The largest absolute Gasteiger partial charge is 0.366 e. The van der Waals surface area contributed by atoms with Gasteiger partial charge in [-0.05, 0) is 42.9 Å². The van der Waals surface area contributed by atoms with Crippen molar-refractivity contribution < 1.29 is 14.4 Å². The SMILES string of the molecule is CC(C)C1CCCCC1NC(=O)c1cc(C(N)=O)cc(C(N)=O)c1. The third-order valence-electron chi connectivity index (χ3n) is 4.76. The lowest BCUT2D eigenvalue weighted by atomic mass is 9.78. The van der Waals surface area contributed by atoms with Gasteiger partial charge in [0.2, 0.25) is 11.8 Å². The fourth-order valence-electron chi connectivity index (χ4n) is 3.43. The summed E-state index contributed by atoms with van der Waals surface area (Å²) >= 11 is 0. The van der Waals surface area contributed by atoms with E-state index in [1.807, 2.05) is 0 Å². The molecule has 6 heteroatoms. The standard InChI is InChI=1S/C18H25N3O3/c1-10(2)14-5-3-4-6-15(14)21-18(24)13-8-11(16(19)22)7-12(9-13)17(20)23/h7-10,14-15H,3-6H2,1-2H3,(H2,19,22)(H2,20,23)(H,21,24). The van der Waals surface area contributed by atoms with Crippen LogP contribution in [0.3, 0.4) is 0 Å². The van der Waals surface area contributed by atoms with E-state index in [9.17, 15) is 14.4 Å². The Hall–Kier alpha value is -2.37. The molecule has 3 amide bonds. The maximum atomic E-state index is 12.6. The molecule has 1 aromatic carbocycles. The number of carbonyl (C=O) groups excluding carboxylic acids is 3. The van der Waals surface area contributed by atoms with Crippen LogP contribution >= 0.6 is 0 Å². The number of primary amides is 2. The Labute approximate surface area is 142 Å². The smallest absolute Gasteiger partial charge is 0.251 e. The highest BCUT2D eigenvalue weighted by molar-refractivity contribution is 6.03. The van der Waals surface area contributed by atoms with Crippen LogP contribution in [0.1, 0.15) is 70.6 Å². The minimum atomic E-state index is -0.704. The van der Waals surface area contributed by atoms with Gasteiger partial charge < -0.3 is 16.8 Å². The van der Waals surface area contributed by atoms with Crippen LogP contribution in [0.4, 0.5) is 0 Å². The first-order valence-electron chi connectivity index (χ1n) is 8.35. The highest BCUT2D eigenvalue weighted by Gasteiger charge is 2.29. The molecule has 0 radical (unpaired) electrons. The van der Waals surface area contributed by atoms with Crippen molar-refractivity contribution in [2.24, 2.45) is 23.3 Å². The molecule has 2 atom stereocenters. The zero-order chi connectivity index (χ0) is 17.9. The monoisotopic (exact) mass is 331 g/mol. The van der Waals surface area contributed by atoms with Gasteiger partial charge in [0.1, 0.15) is 0 Å². The van der Waals surface area contributed by atoms with Gasteiger partial charge in [-0.2, -0.15) is 0 Å². The number of nitrogens with two attached hydrogens (primary N) is 2. The highest BCUT2D eigenvalue weighted by Crippen LogP contribution is 2.30. The number of hydrogen-bond acceptors (Lipinski definition) is 3. The Morgan fingerprint density at radius 1 is 0.958 bits per heavy atom. The third-order valence-corrected chi connectivity index (χ3v) is 4.76. The molecule has 0 heterocycles. The van der Waals surface area contributed by atoms with Crippen LogP contribution in [0.5, 0.6) is 0 Å². The third kappa shape index (κ3) is 4.13. The first-order chi connectivity index (χ1) is 11.3. The molecule has 0 aliphatic heterocycles. The van der Waals surface area contributed by atoms with Crippen LogP contribution in [0.25, 0.3) is 0 Å². The summed E-state index contributed by atoms with van der Waals surface area (Å²) in [4.78, 5) is 35.5. The first-order valence-corrected chi connectivity index (χ1v) is 8.35. The second-order valence-corrected chi connectivity index (χ2v) is 6.80. The quantitative estimate of drug-likeness (QED) is 0.764. The zero-order valence-corrected chi connectivity index (χ0v) is 14.2. The average Bonchev–Trinajstić information content (AvgIpc) is 2.54. The first kappa shape index (κ1) is 18.0. The lowest BCUT2D eigenvalue weighted by Crippen LogP contribution is -2.44. The van der Waals surface area contributed by atoms with E-state index in [0.29, 0.717) is 11.8 Å². The van der Waals surface area contributed by atoms with E-state index < -0.39 is 11.8 Å². The van der Waals surface area contributed by atoms with Gasteiger partial charge in [0.25, 0.3) is 5.91 Å². The zero-order valence-electron chi connectivity index (χ0n) is 14.2. The molecule has 0 saturated heterocycles. The van der Waals surface area contributed by atoms with Crippen molar-refractivity contribution in [1.29, 1.82) is 0 Å². The van der Waals surface area contributed by atoms with Gasteiger partial charge in [-0.1, -0.05) is 26.7 Å². The number of carbonyl (C=O) groups is 3. The van der Waals surface area contributed by atoms with Gasteiger partial charge in [0.05, 0.1) is 0 Å². The Kier molecular flexibility index (Phi) is 5.59. The number of nitrogens with one attached hydrogen (secondary N) is 1. The normalized spacial score (nSPS) is 20.6. The molecule has 0 aromatic heterocycles. The highest BCUT2D eigenvalue weighted by atomic mass is 16.2. The van der Waals surface area contributed by atoms with Crippen LogP contribution in [0, 0.1) is 11.8 Å². The second kappa shape index (κ2) is 7.47. The molecule has 1 aromatic rings. The summed E-state index contributed by atoms with van der Waals surface area (Å²) < 4.78 is 0. The van der Waals surface area contributed by atoms with E-state index in [0.717, 1.165) is 19.3 Å². The summed E-state index contributed by atoms with van der Waals surface area (Å²) in [5, 5.41) is 3.06. The lowest BCUT2D eigenvalue weighted by Gasteiger charge is -2.35. The average molecular weight is 331 g/mol. The number of hydrogen-bond donors (Lipinski definition) is 3. The van der Waals surface area contributed by atoms with E-state index in [1.165, 1.54) is 24.6 Å². The van der Waals surface area contributed by atoms with E-state index in [2.05, 4.69) is 19.2 Å². The molecular formula is C18H25N3O3. The predicted molar refractivity (Wildman–Crippen MR) is 91.5 cm³/mol. The molecule has 0 spiro atoms. The van der Waals surface area contributed by atoms with Crippen molar-refractivity contribution in [1.82, 2.24) is 5.32 Å². The van der Waals surface area contributed by atoms with Gasteiger partial charge in [0.15, 0.2) is 0 Å². The van der Waals surface area contributed by atoms with Crippen molar-refractivity contribution in [3.8, 4) is 0 Å². The molecule has 1 aliphatic rings. The van der Waals surface area contributed by atoms with E-state index in [-0.39, 0.29) is 28.6 Å². The summed E-state index contributed by atoms with van der Waals surface area (Å²) in [5.41, 5.74) is 11.0. The fourth-order valence-corrected chi connectivity index (χ4v) is 3.43. The second-order valence-electron chi connectivity index (χ2n) is 6.80. The summed E-state index contributed by atoms with van der Waals surface area (Å²) in [6, 6.07) is 4.20. The maximum absolute atomic E-state index is 12.6. The molecule has 0 bridgehead atoms. The van der Waals surface area contributed by atoms with E-state index >= 15 is 0 Å². The summed E-state index contributed by atoms with van der Waals surface area (Å²) in [5.74, 6) is -0.806. The Balaban J connectivity index is 2.25. The Morgan fingerprint density at radius 2 is 1.46 bits per heavy atom. The topological polar surface area (TPSA) is 115 Å². The summed E-state index contributed by atoms with van der Waals surface area (Å²) in [7, 11) is 0. The predicted octanol–water partition coefficient (Wildman–Crippen LogP) is 1.83. The number of benzene rings is 1. The van der Waals surface area contributed by atoms with Gasteiger partial charge in [-0.15, -0.1) is 0 Å². The molecule has 24 heavy (non-hydrogen) atoms. The Morgan fingerprint density at radius 3 is 1.96 bits per heavy atom. The van der Waals surface area contributed by atoms with Gasteiger partial charge in [0, 0.05) is 22.7 Å². The summed E-state index contributed by atoms with van der Waals surface area (Å²) in [6.45, 7) is 4.32. The number of rotatable bonds is 5. The van der Waals surface area contributed by atoms with Crippen LogP contribution < -0.4 is 16.8 Å². The van der Waals surface area contributed by atoms with Crippen LogP contribution in [0.15, 0.2) is 18.2 Å². The van der Waals surface area contributed by atoms with Crippen molar-refractivity contribution in [3.63, 3.8) is 0 Å². The van der Waals surface area contributed by atoms with Gasteiger partial charge in [-0.25, -0.2) is 0 Å². The van der Waals surface area contributed by atoms with E-state index in [4.69, 9.17) is 11.5 Å². The molecule has 2 rings (SSSR count). The van der Waals surface area contributed by atoms with Crippen molar-refractivity contribution in [2.45, 2.75) is 45.6 Å². The molecule has 1 aliphatic carbocycles. The van der Waals surface area contributed by atoms with Crippen molar-refractivity contribution in [3.05, 3.63) is 34.9 Å². The van der Waals surface area contributed by atoms with Crippen molar-refractivity contribution in [2.75, 3.05) is 0 Å². The van der Waals surface area contributed by atoms with Crippen LogP contribution in [0.2, 0.25) is 0 Å². The Bertz CT molecular complexity index is 623. The molecule has 130 valence electrons. The maximum Gasteiger partial charge on any atom is 0.251 e. The molecule has 1 fully saturated rings. The minimum absolute atomic E-state index is 0.0977. The van der Waals surface area contributed by atoms with Gasteiger partial charge in [-0.3, -0.25) is 14.4 Å². The van der Waals surface area contributed by atoms with Crippen molar-refractivity contribution >= 4 is 17.7 Å². The molecule has 6 nitrogen and oxygen atoms in total. The molecule has 2 unspecified atom stereocenters. The number of amides is 3. The lowest BCUT2D eigenvalue weighted by molar-refractivity contribution is 0.0889. The fraction of sp³-hybridized carbons (Fsp3) is 0.500. The van der Waals surface area contributed by atoms with Crippen LogP contribution in [-0.4, -0.2) is 23.8 Å². The summed E-state index contributed by atoms with van der Waals surface area (Å²) in [6.07, 6.45) is 4.30. The van der Waals surface area contributed by atoms with E-state index in [1.54, 1.807) is 0 Å². The molecule has 5 N–H and O–H groups in total. The molecular weight excluding hydrogens is 306 g/mol. The molecule has 1 saturated carbocycles. The van der Waals surface area contributed by atoms with Gasteiger partial charge >= 0.3 is 0 Å².